The van der Waals surface area contributed by atoms with Gasteiger partial charge in [0, 0.05) is 48.4 Å². The van der Waals surface area contributed by atoms with Gasteiger partial charge in [0.2, 0.25) is 0 Å². The van der Waals surface area contributed by atoms with Crippen LogP contribution in [0, 0.1) is 0 Å². The standard InChI is InChI=1S/C23H23N5O3/c1-15(29)13-28(18-7-19(30-3)10-20(8-18)31-4)17-5-6-21-22(9-17)26-23(12-24-21)16-11-25-27(2)14-16/h5-12,14H,13H2,1-4H3. The average Bonchev–Trinajstić information content (AvgIpc) is 3.22. The molecule has 0 bridgehead atoms. The number of ketones is 1. The Morgan fingerprint density at radius 3 is 2.35 bits per heavy atom. The molecule has 0 atom stereocenters. The number of rotatable bonds is 7. The van der Waals surface area contributed by atoms with Crippen molar-refractivity contribution in [3.05, 3.63) is 55.0 Å². The summed E-state index contributed by atoms with van der Waals surface area (Å²) in [6, 6.07) is 11.3. The van der Waals surface area contributed by atoms with Crippen molar-refractivity contribution in [1.29, 1.82) is 0 Å². The van der Waals surface area contributed by atoms with Crippen LogP contribution in [-0.2, 0) is 11.8 Å². The molecule has 0 fully saturated rings. The average molecular weight is 417 g/mol. The summed E-state index contributed by atoms with van der Waals surface area (Å²) in [6.07, 6.45) is 5.38. The van der Waals surface area contributed by atoms with Crippen LogP contribution in [0.2, 0.25) is 0 Å². The fourth-order valence-electron chi connectivity index (χ4n) is 3.36. The van der Waals surface area contributed by atoms with Crippen LogP contribution >= 0.6 is 0 Å². The molecule has 4 rings (SSSR count). The molecule has 0 aliphatic heterocycles. The van der Waals surface area contributed by atoms with Gasteiger partial charge in [-0.3, -0.25) is 14.5 Å². The van der Waals surface area contributed by atoms with Gasteiger partial charge < -0.3 is 14.4 Å². The number of anilines is 2. The van der Waals surface area contributed by atoms with Gasteiger partial charge in [0.15, 0.2) is 0 Å². The first-order valence-corrected chi connectivity index (χ1v) is 9.72. The van der Waals surface area contributed by atoms with Gasteiger partial charge in [0.05, 0.1) is 49.9 Å². The fourth-order valence-corrected chi connectivity index (χ4v) is 3.36. The van der Waals surface area contributed by atoms with Crippen LogP contribution in [-0.4, -0.2) is 46.3 Å². The first-order chi connectivity index (χ1) is 15.0. The van der Waals surface area contributed by atoms with E-state index in [2.05, 4.69) is 10.1 Å². The van der Waals surface area contributed by atoms with Gasteiger partial charge in [-0.25, -0.2) is 4.98 Å². The second-order valence-electron chi connectivity index (χ2n) is 7.19. The first-order valence-electron chi connectivity index (χ1n) is 9.72. The number of hydrogen-bond donors (Lipinski definition) is 0. The number of carbonyl (C=O) groups excluding carboxylic acids is 1. The molecule has 0 aliphatic carbocycles. The highest BCUT2D eigenvalue weighted by molar-refractivity contribution is 5.87. The Bertz CT molecular complexity index is 1230. The molecule has 0 amide bonds. The Morgan fingerprint density at radius 1 is 1.00 bits per heavy atom. The number of aryl methyl sites for hydroxylation is 1. The molecule has 0 saturated carbocycles. The molecule has 2 heterocycles. The lowest BCUT2D eigenvalue weighted by Crippen LogP contribution is -2.23. The molecule has 0 unspecified atom stereocenters. The molecule has 8 nitrogen and oxygen atoms in total. The Hall–Kier alpha value is -3.94. The first kappa shape index (κ1) is 20.3. The van der Waals surface area contributed by atoms with Gasteiger partial charge in [0.1, 0.15) is 17.3 Å². The highest BCUT2D eigenvalue weighted by Gasteiger charge is 2.16. The lowest BCUT2D eigenvalue weighted by molar-refractivity contribution is -0.115. The van der Waals surface area contributed by atoms with Gasteiger partial charge >= 0.3 is 0 Å². The molecule has 2 aromatic heterocycles. The largest absolute Gasteiger partial charge is 0.497 e. The number of Topliss-reactive ketones (excluding diaryl/α,β-unsaturated/α-hetero) is 1. The van der Waals surface area contributed by atoms with Gasteiger partial charge in [0.25, 0.3) is 0 Å². The molecule has 0 radical (unpaired) electrons. The minimum Gasteiger partial charge on any atom is -0.497 e. The van der Waals surface area contributed by atoms with Crippen molar-refractivity contribution in [2.75, 3.05) is 25.7 Å². The van der Waals surface area contributed by atoms with E-state index in [0.29, 0.717) is 11.5 Å². The Labute approximate surface area is 180 Å². The van der Waals surface area contributed by atoms with E-state index in [1.165, 1.54) is 0 Å². The quantitative estimate of drug-likeness (QED) is 0.453. The summed E-state index contributed by atoms with van der Waals surface area (Å²) in [6.45, 7) is 1.75. The third-order valence-corrected chi connectivity index (χ3v) is 4.87. The molecule has 2 aromatic carbocycles. The van der Waals surface area contributed by atoms with Crippen LogP contribution in [0.4, 0.5) is 11.4 Å². The van der Waals surface area contributed by atoms with E-state index in [4.69, 9.17) is 14.5 Å². The van der Waals surface area contributed by atoms with E-state index in [-0.39, 0.29) is 12.3 Å². The summed E-state index contributed by atoms with van der Waals surface area (Å²) in [5.74, 6) is 1.31. The van der Waals surface area contributed by atoms with Gasteiger partial charge in [-0.1, -0.05) is 0 Å². The van der Waals surface area contributed by atoms with Crippen molar-refractivity contribution in [1.82, 2.24) is 19.7 Å². The summed E-state index contributed by atoms with van der Waals surface area (Å²) in [5.41, 5.74) is 4.71. The second-order valence-corrected chi connectivity index (χ2v) is 7.19. The number of ether oxygens (including phenoxy) is 2. The van der Waals surface area contributed by atoms with Crippen molar-refractivity contribution in [3.63, 3.8) is 0 Å². The SMILES string of the molecule is COc1cc(OC)cc(N(CC(C)=O)c2ccc3ncc(-c4cnn(C)c4)nc3c2)c1. The predicted molar refractivity (Wildman–Crippen MR) is 119 cm³/mol. The monoisotopic (exact) mass is 417 g/mol. The molecule has 4 aromatic rings. The van der Waals surface area contributed by atoms with Crippen LogP contribution < -0.4 is 14.4 Å². The number of carbonyl (C=O) groups is 1. The molecule has 0 aliphatic rings. The van der Waals surface area contributed by atoms with Crippen LogP contribution in [0.1, 0.15) is 6.92 Å². The van der Waals surface area contributed by atoms with Crippen molar-refractivity contribution in [2.45, 2.75) is 6.92 Å². The number of nitrogens with zero attached hydrogens (tertiary/aromatic N) is 5. The number of methoxy groups -OCH3 is 2. The van der Waals surface area contributed by atoms with Crippen molar-refractivity contribution < 1.29 is 14.3 Å². The number of hydrogen-bond acceptors (Lipinski definition) is 7. The number of fused-ring (bicyclic) bond motifs is 1. The van der Waals surface area contributed by atoms with Gasteiger partial charge in [-0.15, -0.1) is 0 Å². The van der Waals surface area contributed by atoms with Crippen molar-refractivity contribution in [2.24, 2.45) is 7.05 Å². The highest BCUT2D eigenvalue weighted by atomic mass is 16.5. The molecule has 8 heteroatoms. The Kier molecular flexibility index (Phi) is 5.53. The van der Waals surface area contributed by atoms with Gasteiger partial charge in [-0.05, 0) is 25.1 Å². The zero-order valence-electron chi connectivity index (χ0n) is 17.9. The van der Waals surface area contributed by atoms with Crippen molar-refractivity contribution >= 4 is 28.2 Å². The molecule has 0 spiro atoms. The smallest absolute Gasteiger partial charge is 0.149 e. The molecular weight excluding hydrogens is 394 g/mol. The Balaban J connectivity index is 1.81. The van der Waals surface area contributed by atoms with Crippen molar-refractivity contribution in [3.8, 4) is 22.8 Å². The number of aromatic nitrogens is 4. The van der Waals surface area contributed by atoms with Crippen LogP contribution in [0.15, 0.2) is 55.0 Å². The summed E-state index contributed by atoms with van der Waals surface area (Å²) in [7, 11) is 5.05. The van der Waals surface area contributed by atoms with Crippen LogP contribution in [0.25, 0.3) is 22.3 Å². The molecule has 158 valence electrons. The maximum Gasteiger partial charge on any atom is 0.149 e. The third-order valence-electron chi connectivity index (χ3n) is 4.87. The van der Waals surface area contributed by atoms with Gasteiger partial charge in [-0.2, -0.15) is 5.10 Å². The lowest BCUT2D eigenvalue weighted by Gasteiger charge is -2.25. The van der Waals surface area contributed by atoms with E-state index >= 15 is 0 Å². The minimum atomic E-state index is 0.0251. The third kappa shape index (κ3) is 4.32. The summed E-state index contributed by atoms with van der Waals surface area (Å²) >= 11 is 0. The number of benzene rings is 2. The zero-order chi connectivity index (χ0) is 22.0. The van der Waals surface area contributed by atoms with E-state index < -0.39 is 0 Å². The predicted octanol–water partition coefficient (Wildman–Crippen LogP) is 3.77. The van der Waals surface area contributed by atoms with Crippen LogP contribution in [0.5, 0.6) is 11.5 Å². The maximum absolute atomic E-state index is 12.1. The van der Waals surface area contributed by atoms with E-state index in [9.17, 15) is 4.79 Å². The topological polar surface area (TPSA) is 82.4 Å². The molecule has 0 saturated heterocycles. The molecule has 0 N–H and O–H groups in total. The lowest BCUT2D eigenvalue weighted by atomic mass is 10.1. The normalized spacial score (nSPS) is 10.8. The molecule has 31 heavy (non-hydrogen) atoms. The van der Waals surface area contributed by atoms with E-state index in [1.807, 2.05) is 48.5 Å². The van der Waals surface area contributed by atoms with Crippen LogP contribution in [0.3, 0.4) is 0 Å². The maximum atomic E-state index is 12.1. The molecular formula is C23H23N5O3. The summed E-state index contributed by atoms with van der Waals surface area (Å²) < 4.78 is 12.5. The van der Waals surface area contributed by atoms with E-state index in [0.717, 1.165) is 33.7 Å². The second kappa shape index (κ2) is 8.43. The fraction of sp³-hybridized carbons (Fsp3) is 0.217. The van der Waals surface area contributed by atoms with E-state index in [1.54, 1.807) is 44.3 Å². The minimum absolute atomic E-state index is 0.0251. The summed E-state index contributed by atoms with van der Waals surface area (Å²) in [5, 5.41) is 4.20. The highest BCUT2D eigenvalue weighted by Crippen LogP contribution is 2.34. The Morgan fingerprint density at radius 2 is 1.74 bits per heavy atom. The zero-order valence-corrected chi connectivity index (χ0v) is 17.9. The summed E-state index contributed by atoms with van der Waals surface area (Å²) in [4.78, 5) is 23.3.